The summed E-state index contributed by atoms with van der Waals surface area (Å²) in [7, 11) is 0. The Morgan fingerprint density at radius 2 is 1.94 bits per heavy atom. The van der Waals surface area contributed by atoms with Crippen LogP contribution in [0.5, 0.6) is 0 Å². The number of anilines is 1. The van der Waals surface area contributed by atoms with Gasteiger partial charge in [-0.25, -0.2) is 4.98 Å². The molecule has 2 N–H and O–H groups in total. The molecular weight excluding hydrogens is 232 g/mol. The first-order valence-electron chi connectivity index (χ1n) is 5.90. The van der Waals surface area contributed by atoms with Crippen LogP contribution >= 0.6 is 0 Å². The number of hydrogen-bond donors (Lipinski definition) is 1. The van der Waals surface area contributed by atoms with Crippen LogP contribution in [0.4, 0.5) is 5.82 Å². The molecule has 1 aliphatic heterocycles. The van der Waals surface area contributed by atoms with E-state index in [1.54, 1.807) is 28.1 Å². The second-order valence-corrected chi connectivity index (χ2v) is 4.20. The molecule has 0 spiro atoms. The Morgan fingerprint density at radius 1 is 1.28 bits per heavy atom. The molecule has 1 aliphatic rings. The van der Waals surface area contributed by atoms with Gasteiger partial charge in [-0.1, -0.05) is 0 Å². The van der Waals surface area contributed by atoms with Gasteiger partial charge in [-0.3, -0.25) is 9.59 Å². The smallest absolute Gasteiger partial charge is 0.312 e. The highest BCUT2D eigenvalue weighted by molar-refractivity contribution is 6.35. The van der Waals surface area contributed by atoms with Crippen LogP contribution in [0, 0.1) is 0 Å². The predicted molar refractivity (Wildman–Crippen MR) is 66.3 cm³/mol. The molecular formula is C12H16N4O2. The molecule has 6 nitrogen and oxygen atoms in total. The molecule has 18 heavy (non-hydrogen) atoms. The van der Waals surface area contributed by atoms with Crippen LogP contribution in [0.3, 0.4) is 0 Å². The number of carbonyl (C=O) groups excluding carboxylic acids is 2. The molecule has 96 valence electrons. The number of pyridine rings is 1. The second-order valence-electron chi connectivity index (χ2n) is 4.20. The maximum Gasteiger partial charge on any atom is 0.312 e. The van der Waals surface area contributed by atoms with Crippen molar-refractivity contribution in [2.75, 3.05) is 25.4 Å². The van der Waals surface area contributed by atoms with Gasteiger partial charge in [0.1, 0.15) is 5.82 Å². The molecule has 0 radical (unpaired) electrons. The Morgan fingerprint density at radius 3 is 2.61 bits per heavy atom. The molecule has 0 unspecified atom stereocenters. The molecule has 1 aromatic rings. The minimum absolute atomic E-state index is 0.398. The molecule has 0 bridgehead atoms. The zero-order valence-electron chi connectivity index (χ0n) is 10.3. The van der Waals surface area contributed by atoms with Gasteiger partial charge in [0.05, 0.1) is 0 Å². The van der Waals surface area contributed by atoms with Crippen molar-refractivity contribution in [1.82, 2.24) is 14.8 Å². The van der Waals surface area contributed by atoms with Gasteiger partial charge in [-0.05, 0) is 24.6 Å². The lowest BCUT2D eigenvalue weighted by atomic mass is 10.2. The number of likely N-dealkylation sites (N-methyl/N-ethyl adjacent to an activating group) is 1. The van der Waals surface area contributed by atoms with E-state index in [2.05, 4.69) is 4.98 Å². The topological polar surface area (TPSA) is 79.5 Å². The molecule has 2 heterocycles. The van der Waals surface area contributed by atoms with Crippen LogP contribution in [0.25, 0.3) is 0 Å². The quantitative estimate of drug-likeness (QED) is 0.755. The van der Waals surface area contributed by atoms with Gasteiger partial charge in [0.15, 0.2) is 0 Å². The van der Waals surface area contributed by atoms with Crippen LogP contribution in [-0.4, -0.2) is 46.2 Å². The summed E-state index contributed by atoms with van der Waals surface area (Å²) >= 11 is 0. The van der Waals surface area contributed by atoms with Gasteiger partial charge in [0, 0.05) is 32.4 Å². The van der Waals surface area contributed by atoms with Crippen LogP contribution in [0.2, 0.25) is 0 Å². The third-order valence-electron chi connectivity index (χ3n) is 3.00. The van der Waals surface area contributed by atoms with E-state index in [-0.39, 0.29) is 0 Å². The number of carbonyl (C=O) groups is 2. The number of hydrogen-bond acceptors (Lipinski definition) is 4. The van der Waals surface area contributed by atoms with Gasteiger partial charge < -0.3 is 15.5 Å². The lowest BCUT2D eigenvalue weighted by molar-refractivity contribution is -0.156. The van der Waals surface area contributed by atoms with Crippen molar-refractivity contribution in [3.05, 3.63) is 23.9 Å². The third-order valence-corrected chi connectivity index (χ3v) is 3.00. The van der Waals surface area contributed by atoms with Crippen molar-refractivity contribution in [3.63, 3.8) is 0 Å². The monoisotopic (exact) mass is 248 g/mol. The van der Waals surface area contributed by atoms with Crippen LogP contribution in [0.1, 0.15) is 12.5 Å². The molecule has 0 saturated carbocycles. The number of nitrogens with zero attached hydrogens (tertiary/aromatic N) is 3. The van der Waals surface area contributed by atoms with Crippen molar-refractivity contribution >= 4 is 17.6 Å². The van der Waals surface area contributed by atoms with Crippen LogP contribution in [-0.2, 0) is 16.1 Å². The van der Waals surface area contributed by atoms with Crippen LogP contribution in [0.15, 0.2) is 18.3 Å². The van der Waals surface area contributed by atoms with E-state index in [1.807, 2.05) is 6.92 Å². The molecule has 6 heteroatoms. The summed E-state index contributed by atoms with van der Waals surface area (Å²) in [5, 5.41) is 0. The summed E-state index contributed by atoms with van der Waals surface area (Å²) < 4.78 is 0. The predicted octanol–water partition coefficient (Wildman–Crippen LogP) is -0.146. The zero-order valence-corrected chi connectivity index (χ0v) is 10.3. The van der Waals surface area contributed by atoms with Gasteiger partial charge in [-0.15, -0.1) is 0 Å². The Hall–Kier alpha value is -2.11. The SMILES string of the molecule is CCN1CCN(Cc2ccnc(N)c2)C(=O)C1=O. The molecule has 1 fully saturated rings. The maximum absolute atomic E-state index is 11.9. The standard InChI is InChI=1S/C12H16N4O2/c1-2-15-5-6-16(12(18)11(15)17)8-9-3-4-14-10(13)7-9/h3-4,7H,2,5-6,8H2,1H3,(H2,13,14). The fourth-order valence-corrected chi connectivity index (χ4v) is 1.98. The van der Waals surface area contributed by atoms with E-state index in [0.29, 0.717) is 32.0 Å². The molecule has 2 amide bonds. The number of aromatic nitrogens is 1. The van der Waals surface area contributed by atoms with Crippen molar-refractivity contribution in [1.29, 1.82) is 0 Å². The van der Waals surface area contributed by atoms with Crippen LogP contribution < -0.4 is 5.73 Å². The summed E-state index contributed by atoms with van der Waals surface area (Å²) in [6, 6.07) is 3.50. The Labute approximate surface area is 105 Å². The van der Waals surface area contributed by atoms with Crippen molar-refractivity contribution in [2.45, 2.75) is 13.5 Å². The van der Waals surface area contributed by atoms with E-state index < -0.39 is 11.8 Å². The first-order valence-corrected chi connectivity index (χ1v) is 5.90. The normalized spacial score (nSPS) is 16.3. The lowest BCUT2D eigenvalue weighted by Gasteiger charge is -2.33. The molecule has 1 aromatic heterocycles. The van der Waals surface area contributed by atoms with Gasteiger partial charge in [-0.2, -0.15) is 0 Å². The number of rotatable bonds is 3. The minimum Gasteiger partial charge on any atom is -0.384 e. The van der Waals surface area contributed by atoms with E-state index in [0.717, 1.165) is 5.56 Å². The number of nitrogen functional groups attached to an aromatic ring is 1. The highest BCUT2D eigenvalue weighted by atomic mass is 16.2. The average Bonchev–Trinajstić information content (AvgIpc) is 2.35. The highest BCUT2D eigenvalue weighted by Crippen LogP contribution is 2.11. The van der Waals surface area contributed by atoms with Gasteiger partial charge >= 0.3 is 11.8 Å². The third kappa shape index (κ3) is 2.42. The number of amides is 2. The molecule has 0 aromatic carbocycles. The van der Waals surface area contributed by atoms with E-state index >= 15 is 0 Å². The Bertz CT molecular complexity index is 475. The fourth-order valence-electron chi connectivity index (χ4n) is 1.98. The highest BCUT2D eigenvalue weighted by Gasteiger charge is 2.31. The number of piperazine rings is 1. The van der Waals surface area contributed by atoms with Crippen molar-refractivity contribution < 1.29 is 9.59 Å². The Kier molecular flexibility index (Phi) is 3.45. The average molecular weight is 248 g/mol. The molecule has 2 rings (SSSR count). The summed E-state index contributed by atoms with van der Waals surface area (Å²) in [6.45, 7) is 3.97. The fraction of sp³-hybridized carbons (Fsp3) is 0.417. The molecule has 0 atom stereocenters. The largest absolute Gasteiger partial charge is 0.384 e. The van der Waals surface area contributed by atoms with Crippen molar-refractivity contribution in [2.24, 2.45) is 0 Å². The molecule has 1 saturated heterocycles. The van der Waals surface area contributed by atoms with Gasteiger partial charge in [0.25, 0.3) is 0 Å². The van der Waals surface area contributed by atoms with E-state index in [4.69, 9.17) is 5.73 Å². The lowest BCUT2D eigenvalue weighted by Crippen LogP contribution is -2.53. The minimum atomic E-state index is -0.446. The van der Waals surface area contributed by atoms with Crippen molar-refractivity contribution in [3.8, 4) is 0 Å². The first-order chi connectivity index (χ1) is 8.61. The van der Waals surface area contributed by atoms with Gasteiger partial charge in [0.2, 0.25) is 0 Å². The first kappa shape index (κ1) is 12.3. The maximum atomic E-state index is 11.9. The summed E-state index contributed by atoms with van der Waals surface area (Å²) in [5.41, 5.74) is 6.46. The summed E-state index contributed by atoms with van der Waals surface area (Å²) in [4.78, 5) is 30.6. The Balaban J connectivity index is 2.07. The molecule has 0 aliphatic carbocycles. The number of nitrogens with two attached hydrogens (primary N) is 1. The second kappa shape index (κ2) is 5.03. The zero-order chi connectivity index (χ0) is 13.1. The van der Waals surface area contributed by atoms with E-state index in [1.165, 1.54) is 0 Å². The summed E-state index contributed by atoms with van der Waals surface area (Å²) in [6.07, 6.45) is 1.60. The summed E-state index contributed by atoms with van der Waals surface area (Å²) in [5.74, 6) is -0.456. The van der Waals surface area contributed by atoms with E-state index in [9.17, 15) is 9.59 Å².